The van der Waals surface area contributed by atoms with Crippen LogP contribution in [0.15, 0.2) is 18.5 Å². The van der Waals surface area contributed by atoms with Gasteiger partial charge in [-0.3, -0.25) is 14.3 Å². The van der Waals surface area contributed by atoms with Crippen molar-refractivity contribution < 1.29 is 9.59 Å². The maximum atomic E-state index is 12.7. The van der Waals surface area contributed by atoms with Gasteiger partial charge in [-0.05, 0) is 44.1 Å². The molecule has 0 N–H and O–H groups in total. The summed E-state index contributed by atoms with van der Waals surface area (Å²) in [7, 11) is 0. The molecule has 0 aromatic carbocycles. The Morgan fingerprint density at radius 1 is 1.21 bits per heavy atom. The van der Waals surface area contributed by atoms with Crippen molar-refractivity contribution in [3.05, 3.63) is 18.5 Å². The monoisotopic (exact) mass is 330 g/mol. The molecule has 0 spiro atoms. The summed E-state index contributed by atoms with van der Waals surface area (Å²) in [5.74, 6) is 0.965. The van der Waals surface area contributed by atoms with Gasteiger partial charge in [-0.15, -0.1) is 0 Å². The number of hydrogen-bond acceptors (Lipinski definition) is 3. The third-order valence-corrected chi connectivity index (χ3v) is 5.75. The van der Waals surface area contributed by atoms with E-state index in [2.05, 4.69) is 5.10 Å². The molecule has 0 unspecified atom stereocenters. The van der Waals surface area contributed by atoms with Crippen molar-refractivity contribution in [2.45, 2.75) is 51.1 Å². The topological polar surface area (TPSA) is 58.4 Å². The predicted molar refractivity (Wildman–Crippen MR) is 89.0 cm³/mol. The Morgan fingerprint density at radius 2 is 2.00 bits per heavy atom. The Kier molecular flexibility index (Phi) is 4.29. The molecule has 0 bridgehead atoms. The van der Waals surface area contributed by atoms with E-state index < -0.39 is 0 Å². The summed E-state index contributed by atoms with van der Waals surface area (Å²) in [5, 5.41) is 4.25. The van der Waals surface area contributed by atoms with Gasteiger partial charge in [0.05, 0.1) is 5.92 Å². The number of aromatic nitrogens is 2. The summed E-state index contributed by atoms with van der Waals surface area (Å²) in [6.07, 6.45) is 9.74. The number of rotatable bonds is 5. The average Bonchev–Trinajstić information content (AvgIpc) is 3.16. The molecule has 1 aromatic heterocycles. The highest BCUT2D eigenvalue weighted by Gasteiger charge is 2.43. The highest BCUT2D eigenvalue weighted by Crippen LogP contribution is 2.33. The number of likely N-dealkylation sites (tertiary alicyclic amines) is 2. The number of piperidine rings is 1. The van der Waals surface area contributed by atoms with Crippen molar-refractivity contribution in [2.24, 2.45) is 11.8 Å². The van der Waals surface area contributed by atoms with Crippen molar-refractivity contribution in [1.82, 2.24) is 19.6 Å². The molecule has 4 rings (SSSR count). The number of nitrogens with zero attached hydrogens (tertiary/aromatic N) is 4. The predicted octanol–water partition coefficient (Wildman–Crippen LogP) is 1.52. The molecule has 6 nitrogen and oxygen atoms in total. The number of hydrogen-bond donors (Lipinski definition) is 0. The van der Waals surface area contributed by atoms with Gasteiger partial charge in [-0.25, -0.2) is 0 Å². The fraction of sp³-hybridized carbons (Fsp3) is 0.722. The molecular weight excluding hydrogens is 304 g/mol. The van der Waals surface area contributed by atoms with Crippen LogP contribution in [0, 0.1) is 11.8 Å². The van der Waals surface area contributed by atoms with Crippen LogP contribution in [-0.2, 0) is 16.1 Å². The molecule has 130 valence electrons. The van der Waals surface area contributed by atoms with Gasteiger partial charge in [0.1, 0.15) is 0 Å². The van der Waals surface area contributed by atoms with Crippen molar-refractivity contribution >= 4 is 11.8 Å². The first-order chi connectivity index (χ1) is 11.7. The Hall–Kier alpha value is -1.85. The quantitative estimate of drug-likeness (QED) is 0.822. The Labute approximate surface area is 142 Å². The fourth-order valence-electron chi connectivity index (χ4n) is 4.08. The lowest BCUT2D eigenvalue weighted by Gasteiger charge is -2.33. The van der Waals surface area contributed by atoms with Crippen LogP contribution in [0.25, 0.3) is 0 Å². The summed E-state index contributed by atoms with van der Waals surface area (Å²) < 4.78 is 1.98. The number of carbonyl (C=O) groups excluding carboxylic acids is 2. The van der Waals surface area contributed by atoms with E-state index in [0.717, 1.165) is 51.7 Å². The van der Waals surface area contributed by atoms with Gasteiger partial charge in [-0.2, -0.15) is 5.10 Å². The first kappa shape index (κ1) is 15.7. The van der Waals surface area contributed by atoms with Gasteiger partial charge < -0.3 is 9.80 Å². The van der Waals surface area contributed by atoms with E-state index in [0.29, 0.717) is 24.9 Å². The third kappa shape index (κ3) is 3.32. The molecule has 1 saturated carbocycles. The van der Waals surface area contributed by atoms with Crippen LogP contribution in [-0.4, -0.2) is 57.1 Å². The molecule has 1 aromatic rings. The summed E-state index contributed by atoms with van der Waals surface area (Å²) in [5.41, 5.74) is 0. The van der Waals surface area contributed by atoms with Crippen LogP contribution in [0.2, 0.25) is 0 Å². The number of carbonyl (C=O) groups is 2. The highest BCUT2D eigenvalue weighted by atomic mass is 16.2. The minimum absolute atomic E-state index is 0.0984. The van der Waals surface area contributed by atoms with Gasteiger partial charge in [-0.1, -0.05) is 0 Å². The lowest BCUT2D eigenvalue weighted by atomic mass is 9.92. The Morgan fingerprint density at radius 3 is 2.67 bits per heavy atom. The molecule has 2 aliphatic heterocycles. The molecule has 24 heavy (non-hydrogen) atoms. The highest BCUT2D eigenvalue weighted by molar-refractivity contribution is 5.89. The van der Waals surface area contributed by atoms with E-state index >= 15 is 0 Å². The first-order valence-electron chi connectivity index (χ1n) is 9.26. The van der Waals surface area contributed by atoms with Crippen LogP contribution in [0.3, 0.4) is 0 Å². The van der Waals surface area contributed by atoms with Gasteiger partial charge in [0.2, 0.25) is 11.8 Å². The van der Waals surface area contributed by atoms with Crippen LogP contribution >= 0.6 is 0 Å². The SMILES string of the molecule is O=C([C@H]1CC(=O)N(C2CC2)C1)N1CCC(CCn2cccn2)CC1. The lowest BCUT2D eigenvalue weighted by molar-refractivity contribution is -0.137. The van der Waals surface area contributed by atoms with Gasteiger partial charge in [0.15, 0.2) is 0 Å². The molecular formula is C18H26N4O2. The molecule has 3 fully saturated rings. The number of aryl methyl sites for hydroxylation is 1. The molecule has 2 saturated heterocycles. The van der Waals surface area contributed by atoms with Crippen LogP contribution in [0.5, 0.6) is 0 Å². The smallest absolute Gasteiger partial charge is 0.227 e. The second kappa shape index (κ2) is 6.57. The molecule has 0 radical (unpaired) electrons. The second-order valence-electron chi connectivity index (χ2n) is 7.50. The lowest BCUT2D eigenvalue weighted by Crippen LogP contribution is -2.42. The largest absolute Gasteiger partial charge is 0.342 e. The minimum atomic E-state index is -0.0984. The Balaban J connectivity index is 1.23. The third-order valence-electron chi connectivity index (χ3n) is 5.75. The molecule has 1 atom stereocenters. The van der Waals surface area contributed by atoms with E-state index in [1.807, 2.05) is 32.9 Å². The van der Waals surface area contributed by atoms with Gasteiger partial charge in [0.25, 0.3) is 0 Å². The molecule has 2 amide bonds. The fourth-order valence-corrected chi connectivity index (χ4v) is 4.08. The molecule has 3 heterocycles. The maximum absolute atomic E-state index is 12.7. The molecule has 1 aliphatic carbocycles. The molecule has 6 heteroatoms. The van der Waals surface area contributed by atoms with E-state index in [1.165, 1.54) is 0 Å². The summed E-state index contributed by atoms with van der Waals surface area (Å²) in [6, 6.07) is 2.39. The van der Waals surface area contributed by atoms with Gasteiger partial charge in [0, 0.05) is 51.0 Å². The van der Waals surface area contributed by atoms with Crippen molar-refractivity contribution in [3.8, 4) is 0 Å². The second-order valence-corrected chi connectivity index (χ2v) is 7.50. The van der Waals surface area contributed by atoms with Crippen molar-refractivity contribution in [2.75, 3.05) is 19.6 Å². The maximum Gasteiger partial charge on any atom is 0.227 e. The zero-order chi connectivity index (χ0) is 16.5. The van der Waals surface area contributed by atoms with E-state index in [4.69, 9.17) is 0 Å². The van der Waals surface area contributed by atoms with Crippen molar-refractivity contribution in [1.29, 1.82) is 0 Å². The summed E-state index contributed by atoms with van der Waals surface area (Å²) in [6.45, 7) is 3.30. The Bertz CT molecular complexity index is 588. The zero-order valence-corrected chi connectivity index (χ0v) is 14.1. The van der Waals surface area contributed by atoms with Crippen LogP contribution < -0.4 is 0 Å². The van der Waals surface area contributed by atoms with E-state index in [-0.39, 0.29) is 17.7 Å². The van der Waals surface area contributed by atoms with Crippen LogP contribution in [0.4, 0.5) is 0 Å². The molecule has 3 aliphatic rings. The average molecular weight is 330 g/mol. The number of amides is 2. The minimum Gasteiger partial charge on any atom is -0.342 e. The van der Waals surface area contributed by atoms with E-state index in [1.54, 1.807) is 0 Å². The van der Waals surface area contributed by atoms with E-state index in [9.17, 15) is 9.59 Å². The zero-order valence-electron chi connectivity index (χ0n) is 14.1. The summed E-state index contributed by atoms with van der Waals surface area (Å²) >= 11 is 0. The van der Waals surface area contributed by atoms with Crippen LogP contribution in [0.1, 0.15) is 38.5 Å². The van der Waals surface area contributed by atoms with Gasteiger partial charge >= 0.3 is 0 Å². The summed E-state index contributed by atoms with van der Waals surface area (Å²) in [4.78, 5) is 28.7. The van der Waals surface area contributed by atoms with Crippen molar-refractivity contribution in [3.63, 3.8) is 0 Å². The normalized spacial score (nSPS) is 25.5. The standard InChI is InChI=1S/C18H26N4O2/c23-17-12-15(13-22(17)16-2-3-16)18(24)20-9-4-14(5-10-20)6-11-21-8-1-7-19-21/h1,7-8,14-16H,2-6,9-13H2/t15-/m0/s1. The first-order valence-corrected chi connectivity index (χ1v) is 9.26.